The van der Waals surface area contributed by atoms with Gasteiger partial charge in [0.2, 0.25) is 5.78 Å². The van der Waals surface area contributed by atoms with Crippen molar-refractivity contribution in [2.45, 2.75) is 199 Å². The number of nitrogens with one attached hydrogen (secondary N) is 1. The minimum Gasteiger partial charge on any atom is -0.458 e. The van der Waals surface area contributed by atoms with Crippen molar-refractivity contribution in [2.75, 3.05) is 19.7 Å². The first kappa shape index (κ1) is 44.2. The average molecular weight is 770 g/mol. The third-order valence-electron chi connectivity index (χ3n) is 15.4. The predicted molar refractivity (Wildman–Crippen MR) is 217 cm³/mol. The van der Waals surface area contributed by atoms with Crippen LogP contribution >= 0.6 is 0 Å². The summed E-state index contributed by atoms with van der Waals surface area (Å²) in [6.45, 7) is 6.81. The molecule has 0 unspecified atom stereocenters. The van der Waals surface area contributed by atoms with Crippen molar-refractivity contribution in [1.29, 1.82) is 0 Å². The maximum absolute atomic E-state index is 17.4. The summed E-state index contributed by atoms with van der Waals surface area (Å²) < 4.78 is 22.8. The zero-order valence-electron chi connectivity index (χ0n) is 34.8. The van der Waals surface area contributed by atoms with Gasteiger partial charge in [0.25, 0.3) is 0 Å². The molecule has 0 amide bonds. The van der Waals surface area contributed by atoms with Crippen LogP contribution in [0.3, 0.4) is 0 Å². The van der Waals surface area contributed by atoms with Gasteiger partial charge in [-0.3, -0.25) is 14.4 Å². The highest BCUT2D eigenvalue weighted by molar-refractivity contribution is 6.01. The van der Waals surface area contributed by atoms with Crippen LogP contribution in [0, 0.1) is 34.5 Å². The van der Waals surface area contributed by atoms with Gasteiger partial charge >= 0.3 is 5.97 Å². The van der Waals surface area contributed by atoms with Gasteiger partial charge in [-0.15, -0.1) is 0 Å². The smallest absolute Gasteiger partial charge is 0.306 e. The Balaban J connectivity index is 0.959. The topological polar surface area (TPSA) is 113 Å². The van der Waals surface area contributed by atoms with E-state index in [4.69, 9.17) is 4.74 Å². The Kier molecular flexibility index (Phi) is 16.2. The maximum Gasteiger partial charge on any atom is 0.306 e. The van der Waals surface area contributed by atoms with Crippen LogP contribution in [0.2, 0.25) is 0 Å². The monoisotopic (exact) mass is 770 g/mol. The lowest BCUT2D eigenvalue weighted by atomic mass is 9.44. The lowest BCUT2D eigenvalue weighted by Gasteiger charge is -2.62. The van der Waals surface area contributed by atoms with E-state index in [0.717, 1.165) is 31.8 Å². The zero-order chi connectivity index (χ0) is 39.5. The van der Waals surface area contributed by atoms with E-state index in [2.05, 4.69) is 5.32 Å². The summed E-state index contributed by atoms with van der Waals surface area (Å²) in [6, 6.07) is 0. The number of carbonyl (C=O) groups is 3. The number of hydrogen-bond acceptors (Lipinski definition) is 7. The fourth-order valence-corrected chi connectivity index (χ4v) is 12.0. The van der Waals surface area contributed by atoms with Gasteiger partial charge in [-0.25, -0.2) is 4.39 Å². The number of ketones is 2. The van der Waals surface area contributed by atoms with E-state index < -0.39 is 58.4 Å². The Morgan fingerprint density at radius 3 is 2.09 bits per heavy atom. The summed E-state index contributed by atoms with van der Waals surface area (Å²) in [5.74, 6) is -1.71. The molecule has 0 aromatic carbocycles. The van der Waals surface area contributed by atoms with E-state index in [1.54, 1.807) is 19.9 Å². The zero-order valence-corrected chi connectivity index (χ0v) is 34.8. The highest BCUT2D eigenvalue weighted by atomic mass is 19.1. The first-order chi connectivity index (χ1) is 26.4. The number of unbranched alkanes of at least 4 members (excludes halogenated alkanes) is 4. The second-order valence-corrected chi connectivity index (χ2v) is 19.0. The molecule has 5 aliphatic carbocycles. The first-order valence-corrected chi connectivity index (χ1v) is 22.8. The Bertz CT molecular complexity index is 1330. The molecule has 8 heteroatoms. The highest BCUT2D eigenvalue weighted by Crippen LogP contribution is 2.70. The molecule has 4 fully saturated rings. The van der Waals surface area contributed by atoms with Crippen molar-refractivity contribution < 1.29 is 33.7 Å². The standard InChI is InChI=1S/C47H76FNO6/c1-35-31-40-39-26-25-37-32-38(50)27-28-44(37,2)46(39,48)41(51)33-45(40,3)47(35,54)42(52)34-55-43(53)24-18-14-20-30-49-29-19-13-17-23-36-21-15-11-9-7-5-4-6-8-10-12-16-22-36/h27-28,32,35-36,39-41,49,51,54H,4-26,29-31,33-34H2,1-3H3/t35-,39+,40+,41+,44+,45+,46+,47+/m0/s1. The number of ether oxygens (including phenoxy) is 1. The van der Waals surface area contributed by atoms with Crippen LogP contribution in [0.15, 0.2) is 23.8 Å². The minimum absolute atomic E-state index is 0.0929. The number of alkyl halides is 1. The summed E-state index contributed by atoms with van der Waals surface area (Å²) in [5, 5.41) is 27.3. The van der Waals surface area contributed by atoms with Crippen molar-refractivity contribution in [3.63, 3.8) is 0 Å². The Labute approximate surface area is 332 Å². The van der Waals surface area contributed by atoms with Gasteiger partial charge in [0.05, 0.1) is 6.10 Å². The number of aliphatic hydroxyl groups excluding tert-OH is 1. The van der Waals surface area contributed by atoms with Crippen LogP contribution < -0.4 is 5.32 Å². The van der Waals surface area contributed by atoms with Gasteiger partial charge in [0.15, 0.2) is 18.1 Å². The quantitative estimate of drug-likeness (QED) is 0.112. The summed E-state index contributed by atoms with van der Waals surface area (Å²) in [6.07, 6.45) is 31.0. The number of carbonyl (C=O) groups excluding carboxylic acids is 3. The SMILES string of the molecule is C[C@H]1C[C@@H]2[C@H]3CCC4=CC(=O)C=C[C@@]4(C)[C@]3(F)[C@H](O)C[C@@]2(C)[C@]1(O)C(=O)COC(=O)CCCCCNCCCCCC1CCCCCCCCCCCCC1. The van der Waals surface area contributed by atoms with Crippen LogP contribution in [0.25, 0.3) is 0 Å². The molecule has 0 aromatic rings. The van der Waals surface area contributed by atoms with E-state index in [0.29, 0.717) is 31.3 Å². The van der Waals surface area contributed by atoms with E-state index in [-0.39, 0.29) is 24.5 Å². The molecule has 312 valence electrons. The fraction of sp³-hybridized carbons (Fsp3) is 0.851. The van der Waals surface area contributed by atoms with Gasteiger partial charge in [-0.1, -0.05) is 135 Å². The highest BCUT2D eigenvalue weighted by Gasteiger charge is 2.75. The lowest BCUT2D eigenvalue weighted by Crippen LogP contribution is -2.69. The summed E-state index contributed by atoms with van der Waals surface area (Å²) in [5.41, 5.74) is -5.40. The van der Waals surface area contributed by atoms with Gasteiger partial charge in [-0.2, -0.15) is 0 Å². The van der Waals surface area contributed by atoms with Crippen LogP contribution in [0.4, 0.5) is 4.39 Å². The fourth-order valence-electron chi connectivity index (χ4n) is 12.0. The molecule has 3 N–H and O–H groups in total. The van der Waals surface area contributed by atoms with Crippen LogP contribution in [-0.2, 0) is 19.1 Å². The molecule has 8 atom stereocenters. The maximum atomic E-state index is 17.4. The van der Waals surface area contributed by atoms with Crippen LogP contribution in [0.5, 0.6) is 0 Å². The molecule has 5 aliphatic rings. The molecular formula is C47H76FNO6. The molecule has 5 rings (SSSR count). The lowest BCUT2D eigenvalue weighted by molar-refractivity contribution is -0.220. The molecule has 4 saturated carbocycles. The van der Waals surface area contributed by atoms with E-state index in [1.807, 2.05) is 6.92 Å². The first-order valence-electron chi connectivity index (χ1n) is 22.8. The molecule has 55 heavy (non-hydrogen) atoms. The average Bonchev–Trinajstić information content (AvgIpc) is 3.36. The third-order valence-corrected chi connectivity index (χ3v) is 15.4. The van der Waals surface area contributed by atoms with Gasteiger partial charge in [0.1, 0.15) is 5.60 Å². The molecule has 0 aliphatic heterocycles. The van der Waals surface area contributed by atoms with Crippen molar-refractivity contribution in [3.05, 3.63) is 23.8 Å². The normalized spacial score (nSPS) is 36.3. The molecule has 0 bridgehead atoms. The summed E-state index contributed by atoms with van der Waals surface area (Å²) in [4.78, 5) is 38.5. The van der Waals surface area contributed by atoms with Crippen LogP contribution in [0.1, 0.15) is 181 Å². The summed E-state index contributed by atoms with van der Waals surface area (Å²) in [7, 11) is 0. The van der Waals surface area contributed by atoms with E-state index >= 15 is 4.39 Å². The number of hydrogen-bond donors (Lipinski definition) is 3. The molecule has 7 nitrogen and oxygen atoms in total. The number of esters is 1. The number of rotatable bonds is 15. The van der Waals surface area contributed by atoms with E-state index in [1.165, 1.54) is 121 Å². The third kappa shape index (κ3) is 9.87. The van der Waals surface area contributed by atoms with E-state index in [9.17, 15) is 24.6 Å². The molecule has 0 spiro atoms. The predicted octanol–water partition coefficient (Wildman–Crippen LogP) is 9.86. The van der Waals surface area contributed by atoms with Crippen molar-refractivity contribution in [1.82, 2.24) is 5.32 Å². The molecule has 0 radical (unpaired) electrons. The van der Waals surface area contributed by atoms with Gasteiger partial charge in [0, 0.05) is 23.2 Å². The Morgan fingerprint density at radius 2 is 1.45 bits per heavy atom. The van der Waals surface area contributed by atoms with Crippen molar-refractivity contribution in [2.24, 2.45) is 34.5 Å². The van der Waals surface area contributed by atoms with Gasteiger partial charge in [-0.05, 0) is 94.9 Å². The van der Waals surface area contributed by atoms with Crippen LogP contribution in [-0.4, -0.2) is 64.8 Å². The van der Waals surface area contributed by atoms with Crippen molar-refractivity contribution >= 4 is 17.5 Å². The second kappa shape index (κ2) is 20.2. The molecule has 0 saturated heterocycles. The van der Waals surface area contributed by atoms with Gasteiger partial charge < -0.3 is 20.3 Å². The number of halogens is 1. The number of aliphatic hydroxyl groups is 2. The Morgan fingerprint density at radius 1 is 0.855 bits per heavy atom. The number of Topliss-reactive ketones (excluding diaryl/α,β-unsaturated/α-hetero) is 1. The minimum atomic E-state index is -2.03. The largest absolute Gasteiger partial charge is 0.458 e. The van der Waals surface area contributed by atoms with Crippen molar-refractivity contribution in [3.8, 4) is 0 Å². The molecule has 0 aromatic heterocycles. The number of allylic oxidation sites excluding steroid dienone is 4. The molecule has 0 heterocycles. The summed E-state index contributed by atoms with van der Waals surface area (Å²) >= 11 is 0. The Hall–Kier alpha value is -1.90. The second-order valence-electron chi connectivity index (χ2n) is 19.0. The molecular weight excluding hydrogens is 694 g/mol. The number of fused-ring (bicyclic) bond motifs is 5.